The van der Waals surface area contributed by atoms with Crippen LogP contribution in [-0.4, -0.2) is 25.0 Å². The van der Waals surface area contributed by atoms with Gasteiger partial charge in [0.05, 0.1) is 6.61 Å². The number of ether oxygens (including phenoxy) is 1. The average molecular weight is 181 g/mol. The molecule has 3 nitrogen and oxygen atoms in total. The minimum absolute atomic E-state index is 0.123. The summed E-state index contributed by atoms with van der Waals surface area (Å²) in [5.74, 6) is -3.91. The molecule has 0 atom stereocenters. The molecule has 0 fully saturated rings. The van der Waals surface area contributed by atoms with Gasteiger partial charge in [0.1, 0.15) is 6.42 Å². The lowest BCUT2D eigenvalue weighted by Crippen LogP contribution is -2.25. The quantitative estimate of drug-likeness (QED) is 0.642. The van der Waals surface area contributed by atoms with Gasteiger partial charge in [0, 0.05) is 6.42 Å². The highest BCUT2D eigenvalue weighted by Crippen LogP contribution is 2.22. The van der Waals surface area contributed by atoms with Gasteiger partial charge in [-0.1, -0.05) is 0 Å². The predicted octanol–water partition coefficient (Wildman–Crippen LogP) is 0.924. The average Bonchev–Trinajstić information content (AvgIpc) is 1.85. The second-order valence-electron chi connectivity index (χ2n) is 2.38. The van der Waals surface area contributed by atoms with Crippen molar-refractivity contribution in [3.63, 3.8) is 0 Å². The first-order valence-electron chi connectivity index (χ1n) is 3.75. The highest BCUT2D eigenvalue weighted by molar-refractivity contribution is 5.70. The lowest BCUT2D eigenvalue weighted by Gasteiger charge is -2.13. The maximum absolute atomic E-state index is 12.6. The minimum Gasteiger partial charge on any atom is -0.466 e. The van der Waals surface area contributed by atoms with Crippen molar-refractivity contribution in [3.8, 4) is 0 Å². The Morgan fingerprint density at radius 1 is 1.58 bits per heavy atom. The molecular formula is C7H13F2NO2. The highest BCUT2D eigenvalue weighted by atomic mass is 19.3. The van der Waals surface area contributed by atoms with Gasteiger partial charge in [0.15, 0.2) is 0 Å². The Kier molecular flexibility index (Phi) is 4.73. The molecule has 0 spiro atoms. The molecule has 2 N–H and O–H groups in total. The van der Waals surface area contributed by atoms with Gasteiger partial charge in [-0.3, -0.25) is 4.79 Å². The molecule has 0 bridgehead atoms. The second kappa shape index (κ2) is 5.03. The highest BCUT2D eigenvalue weighted by Gasteiger charge is 2.31. The minimum atomic E-state index is -3.03. The molecule has 12 heavy (non-hydrogen) atoms. The molecule has 0 saturated carbocycles. The molecule has 5 heteroatoms. The monoisotopic (exact) mass is 181 g/mol. The zero-order valence-corrected chi connectivity index (χ0v) is 6.98. The van der Waals surface area contributed by atoms with Crippen molar-refractivity contribution in [2.24, 2.45) is 5.73 Å². The van der Waals surface area contributed by atoms with Crippen LogP contribution >= 0.6 is 0 Å². The summed E-state index contributed by atoms with van der Waals surface area (Å²) in [5, 5.41) is 0. The molecule has 0 amide bonds. The van der Waals surface area contributed by atoms with E-state index in [-0.39, 0.29) is 13.2 Å². The summed E-state index contributed by atoms with van der Waals surface area (Å²) in [7, 11) is 0. The van der Waals surface area contributed by atoms with Gasteiger partial charge >= 0.3 is 5.97 Å². The van der Waals surface area contributed by atoms with Crippen LogP contribution in [0, 0.1) is 0 Å². The van der Waals surface area contributed by atoms with Crippen molar-refractivity contribution < 1.29 is 18.3 Å². The summed E-state index contributed by atoms with van der Waals surface area (Å²) in [4.78, 5) is 10.6. The van der Waals surface area contributed by atoms with E-state index < -0.39 is 24.7 Å². The standard InChI is InChI=1S/C7H13F2NO2/c1-2-12-6(11)5-7(8,9)3-4-10/h2-5,10H2,1H3. The van der Waals surface area contributed by atoms with Crippen molar-refractivity contribution in [2.45, 2.75) is 25.7 Å². The lowest BCUT2D eigenvalue weighted by atomic mass is 10.2. The molecule has 0 aromatic heterocycles. The number of alkyl halides is 2. The van der Waals surface area contributed by atoms with Crippen molar-refractivity contribution in [1.82, 2.24) is 0 Å². The van der Waals surface area contributed by atoms with Crippen LogP contribution in [0.1, 0.15) is 19.8 Å². The van der Waals surface area contributed by atoms with E-state index in [0.717, 1.165) is 0 Å². The molecule has 0 unspecified atom stereocenters. The van der Waals surface area contributed by atoms with Crippen molar-refractivity contribution in [1.29, 1.82) is 0 Å². The van der Waals surface area contributed by atoms with Crippen LogP contribution in [0.2, 0.25) is 0 Å². The third kappa shape index (κ3) is 5.01. The molecule has 0 radical (unpaired) electrons. The molecule has 72 valence electrons. The van der Waals surface area contributed by atoms with E-state index >= 15 is 0 Å². The Morgan fingerprint density at radius 3 is 2.58 bits per heavy atom. The van der Waals surface area contributed by atoms with E-state index in [9.17, 15) is 13.6 Å². The fraction of sp³-hybridized carbons (Fsp3) is 0.857. The van der Waals surface area contributed by atoms with Gasteiger partial charge in [-0.25, -0.2) is 8.78 Å². The largest absolute Gasteiger partial charge is 0.466 e. The van der Waals surface area contributed by atoms with E-state index in [2.05, 4.69) is 4.74 Å². The van der Waals surface area contributed by atoms with Crippen molar-refractivity contribution in [3.05, 3.63) is 0 Å². The predicted molar refractivity (Wildman–Crippen MR) is 39.9 cm³/mol. The number of hydrogen-bond acceptors (Lipinski definition) is 3. The summed E-state index contributed by atoms with van der Waals surface area (Å²) in [6, 6.07) is 0. The number of nitrogens with two attached hydrogens (primary N) is 1. The zero-order chi connectivity index (χ0) is 9.61. The maximum Gasteiger partial charge on any atom is 0.311 e. The third-order valence-electron chi connectivity index (χ3n) is 1.22. The van der Waals surface area contributed by atoms with Crippen LogP contribution in [0.25, 0.3) is 0 Å². The number of hydrogen-bond donors (Lipinski definition) is 1. The Balaban J connectivity index is 3.79. The SMILES string of the molecule is CCOC(=O)CC(F)(F)CCN. The molecule has 0 aromatic carbocycles. The molecular weight excluding hydrogens is 168 g/mol. The Morgan fingerprint density at radius 2 is 2.17 bits per heavy atom. The molecule has 0 saturated heterocycles. The van der Waals surface area contributed by atoms with Gasteiger partial charge in [-0.05, 0) is 13.5 Å². The molecule has 0 heterocycles. The van der Waals surface area contributed by atoms with Gasteiger partial charge in [-0.15, -0.1) is 0 Å². The van der Waals surface area contributed by atoms with Crippen molar-refractivity contribution in [2.75, 3.05) is 13.2 Å². The van der Waals surface area contributed by atoms with E-state index in [1.165, 1.54) is 0 Å². The van der Waals surface area contributed by atoms with Crippen LogP contribution < -0.4 is 5.73 Å². The van der Waals surface area contributed by atoms with Gasteiger partial charge in [-0.2, -0.15) is 0 Å². The summed E-state index contributed by atoms with van der Waals surface area (Å²) < 4.78 is 29.6. The number of halogens is 2. The molecule has 0 aliphatic carbocycles. The normalized spacial score (nSPS) is 11.3. The van der Waals surface area contributed by atoms with Crippen LogP contribution in [-0.2, 0) is 9.53 Å². The third-order valence-corrected chi connectivity index (χ3v) is 1.22. The first-order valence-corrected chi connectivity index (χ1v) is 3.75. The molecule has 0 rings (SSSR count). The Bertz CT molecular complexity index is 150. The van der Waals surface area contributed by atoms with E-state index in [1.54, 1.807) is 6.92 Å². The number of carbonyl (C=O) groups excluding carboxylic acids is 1. The Labute approximate surface area is 69.9 Å². The van der Waals surface area contributed by atoms with E-state index in [4.69, 9.17) is 5.73 Å². The first kappa shape index (κ1) is 11.3. The number of carbonyl (C=O) groups is 1. The van der Waals surface area contributed by atoms with E-state index in [0.29, 0.717) is 0 Å². The van der Waals surface area contributed by atoms with Crippen LogP contribution in [0.3, 0.4) is 0 Å². The second-order valence-corrected chi connectivity index (χ2v) is 2.38. The fourth-order valence-electron chi connectivity index (χ4n) is 0.723. The molecule has 0 aromatic rings. The Hall–Kier alpha value is -0.710. The van der Waals surface area contributed by atoms with Gasteiger partial charge in [0.25, 0.3) is 5.92 Å². The van der Waals surface area contributed by atoms with Crippen LogP contribution in [0.5, 0.6) is 0 Å². The lowest BCUT2D eigenvalue weighted by molar-refractivity contribution is -0.151. The maximum atomic E-state index is 12.6. The van der Waals surface area contributed by atoms with E-state index in [1.807, 2.05) is 0 Å². The first-order chi connectivity index (χ1) is 5.52. The summed E-state index contributed by atoms with van der Waals surface area (Å²) >= 11 is 0. The number of esters is 1. The van der Waals surface area contributed by atoms with Crippen LogP contribution in [0.15, 0.2) is 0 Å². The summed E-state index contributed by atoms with van der Waals surface area (Å²) in [5.41, 5.74) is 4.93. The summed E-state index contributed by atoms with van der Waals surface area (Å²) in [6.45, 7) is 1.56. The van der Waals surface area contributed by atoms with Crippen LogP contribution in [0.4, 0.5) is 8.78 Å². The topological polar surface area (TPSA) is 52.3 Å². The van der Waals surface area contributed by atoms with Crippen molar-refractivity contribution >= 4 is 5.97 Å². The number of rotatable bonds is 5. The zero-order valence-electron chi connectivity index (χ0n) is 6.98. The van der Waals surface area contributed by atoms with Gasteiger partial charge in [0.2, 0.25) is 0 Å². The smallest absolute Gasteiger partial charge is 0.311 e. The fourth-order valence-corrected chi connectivity index (χ4v) is 0.723. The van der Waals surface area contributed by atoms with Gasteiger partial charge < -0.3 is 10.5 Å². The molecule has 0 aliphatic rings. The molecule has 0 aliphatic heterocycles. The summed E-state index contributed by atoms with van der Waals surface area (Å²) in [6.07, 6.45) is -1.36.